The van der Waals surface area contributed by atoms with Gasteiger partial charge in [0.05, 0.1) is 0 Å². The lowest BCUT2D eigenvalue weighted by Crippen LogP contribution is -2.04. The highest BCUT2D eigenvalue weighted by molar-refractivity contribution is 5.90. The maximum atomic E-state index is 13.4. The van der Waals surface area contributed by atoms with Gasteiger partial charge >= 0.3 is 0 Å². The van der Waals surface area contributed by atoms with Crippen LogP contribution in [0.3, 0.4) is 0 Å². The van der Waals surface area contributed by atoms with Gasteiger partial charge in [-0.2, -0.15) is 4.98 Å². The molecule has 9 heteroatoms. The van der Waals surface area contributed by atoms with E-state index in [0.717, 1.165) is 18.4 Å². The first kappa shape index (κ1) is 16.5. The van der Waals surface area contributed by atoms with Crippen molar-refractivity contribution >= 4 is 23.1 Å². The number of nitrogens with one attached hydrogen (secondary N) is 1. The van der Waals surface area contributed by atoms with E-state index in [9.17, 15) is 4.39 Å². The van der Waals surface area contributed by atoms with Crippen LogP contribution in [-0.4, -0.2) is 36.5 Å². The topological polar surface area (TPSA) is 107 Å². The molecule has 0 saturated heterocycles. The van der Waals surface area contributed by atoms with Gasteiger partial charge in [-0.1, -0.05) is 0 Å². The highest BCUT2D eigenvalue weighted by Gasteiger charge is 2.31. The van der Waals surface area contributed by atoms with Crippen LogP contribution in [0.25, 0.3) is 33.9 Å². The summed E-state index contributed by atoms with van der Waals surface area (Å²) in [5.41, 5.74) is 9.27. The number of halogens is 1. The van der Waals surface area contributed by atoms with E-state index in [1.807, 2.05) is 6.07 Å². The normalized spacial score (nSPS) is 13.8. The standard InChI is InChI=1S/C19H17FN8/c1-22-19-23-9-8-13(24-19)16-25-15-14(10-2-4-11(20)5-3-10)26-18(21)27-17(15)28(16)12-6-7-12/h2-5,8-9,12H,6-7H2,1H3,(H2,21,26,27)(H,22,23,24). The molecule has 1 aliphatic carbocycles. The first-order chi connectivity index (χ1) is 13.6. The van der Waals surface area contributed by atoms with Gasteiger partial charge in [-0.3, -0.25) is 0 Å². The Morgan fingerprint density at radius 2 is 1.86 bits per heavy atom. The Hall–Kier alpha value is -3.62. The van der Waals surface area contributed by atoms with E-state index in [-0.39, 0.29) is 11.8 Å². The Morgan fingerprint density at radius 3 is 2.57 bits per heavy atom. The number of nitrogen functional groups attached to an aromatic ring is 1. The molecule has 1 aliphatic rings. The zero-order valence-corrected chi connectivity index (χ0v) is 15.1. The summed E-state index contributed by atoms with van der Waals surface area (Å²) in [6, 6.07) is 8.22. The van der Waals surface area contributed by atoms with E-state index >= 15 is 0 Å². The number of imidazole rings is 1. The summed E-state index contributed by atoms with van der Waals surface area (Å²) in [6.07, 6.45) is 3.77. The molecule has 0 atom stereocenters. The van der Waals surface area contributed by atoms with Crippen molar-refractivity contribution in [1.29, 1.82) is 0 Å². The first-order valence-corrected chi connectivity index (χ1v) is 8.96. The van der Waals surface area contributed by atoms with Gasteiger partial charge in [0.15, 0.2) is 11.5 Å². The van der Waals surface area contributed by atoms with Crippen molar-refractivity contribution in [2.24, 2.45) is 0 Å². The molecule has 28 heavy (non-hydrogen) atoms. The molecule has 3 heterocycles. The third kappa shape index (κ3) is 2.72. The van der Waals surface area contributed by atoms with Crippen LogP contribution in [0.5, 0.6) is 0 Å². The van der Waals surface area contributed by atoms with Crippen molar-refractivity contribution in [2.75, 3.05) is 18.1 Å². The van der Waals surface area contributed by atoms with Crippen LogP contribution in [0.15, 0.2) is 36.5 Å². The van der Waals surface area contributed by atoms with E-state index in [0.29, 0.717) is 40.4 Å². The quantitative estimate of drug-likeness (QED) is 0.563. The Labute approximate surface area is 159 Å². The molecule has 140 valence electrons. The minimum atomic E-state index is -0.313. The summed E-state index contributed by atoms with van der Waals surface area (Å²) in [5.74, 6) is 1.04. The molecule has 1 fully saturated rings. The molecule has 3 aromatic heterocycles. The zero-order valence-electron chi connectivity index (χ0n) is 15.1. The molecule has 0 radical (unpaired) electrons. The lowest BCUT2D eigenvalue weighted by molar-refractivity contribution is 0.628. The van der Waals surface area contributed by atoms with Crippen LogP contribution < -0.4 is 11.1 Å². The zero-order chi connectivity index (χ0) is 19.3. The minimum absolute atomic E-state index is 0.152. The highest BCUT2D eigenvalue weighted by atomic mass is 19.1. The van der Waals surface area contributed by atoms with Crippen LogP contribution in [-0.2, 0) is 0 Å². The van der Waals surface area contributed by atoms with Crippen molar-refractivity contribution in [1.82, 2.24) is 29.5 Å². The van der Waals surface area contributed by atoms with Gasteiger partial charge in [0.1, 0.15) is 22.7 Å². The molecule has 4 aromatic rings. The average molecular weight is 376 g/mol. The summed E-state index contributed by atoms with van der Waals surface area (Å²) < 4.78 is 15.4. The number of anilines is 2. The van der Waals surface area contributed by atoms with Crippen LogP contribution in [0.2, 0.25) is 0 Å². The predicted octanol–water partition coefficient (Wildman–Crippen LogP) is 3.05. The Kier molecular flexibility index (Phi) is 3.68. The summed E-state index contributed by atoms with van der Waals surface area (Å²) in [6.45, 7) is 0. The van der Waals surface area contributed by atoms with Crippen LogP contribution >= 0.6 is 0 Å². The summed E-state index contributed by atoms with van der Waals surface area (Å²) in [5, 5.41) is 2.94. The Morgan fingerprint density at radius 1 is 1.07 bits per heavy atom. The fourth-order valence-corrected chi connectivity index (χ4v) is 3.26. The number of rotatable bonds is 4. The van der Waals surface area contributed by atoms with E-state index < -0.39 is 0 Å². The summed E-state index contributed by atoms with van der Waals surface area (Å²) in [7, 11) is 1.77. The van der Waals surface area contributed by atoms with E-state index in [1.165, 1.54) is 12.1 Å². The van der Waals surface area contributed by atoms with Crippen LogP contribution in [0, 0.1) is 5.82 Å². The molecule has 3 N–H and O–H groups in total. The number of nitrogens with two attached hydrogens (primary N) is 1. The maximum absolute atomic E-state index is 13.4. The van der Waals surface area contributed by atoms with Crippen molar-refractivity contribution in [3.8, 4) is 22.8 Å². The second-order valence-corrected chi connectivity index (χ2v) is 6.66. The number of benzene rings is 1. The fourth-order valence-electron chi connectivity index (χ4n) is 3.26. The summed E-state index contributed by atoms with van der Waals surface area (Å²) in [4.78, 5) is 22.4. The van der Waals surface area contributed by atoms with Gasteiger partial charge in [-0.05, 0) is 43.2 Å². The summed E-state index contributed by atoms with van der Waals surface area (Å²) >= 11 is 0. The molecule has 0 spiro atoms. The van der Waals surface area contributed by atoms with Gasteiger partial charge in [-0.15, -0.1) is 0 Å². The van der Waals surface area contributed by atoms with Gasteiger partial charge in [0.2, 0.25) is 11.9 Å². The minimum Gasteiger partial charge on any atom is -0.368 e. The van der Waals surface area contributed by atoms with Gasteiger partial charge in [-0.25, -0.2) is 24.3 Å². The molecule has 5 rings (SSSR count). The lowest BCUT2D eigenvalue weighted by Gasteiger charge is -2.08. The van der Waals surface area contributed by atoms with Crippen molar-refractivity contribution in [3.63, 3.8) is 0 Å². The van der Waals surface area contributed by atoms with Crippen LogP contribution in [0.4, 0.5) is 16.3 Å². The molecule has 0 amide bonds. The fraction of sp³-hybridized carbons (Fsp3) is 0.211. The molecular weight excluding hydrogens is 359 g/mol. The molecule has 0 bridgehead atoms. The van der Waals surface area contributed by atoms with E-state index in [1.54, 1.807) is 25.4 Å². The maximum Gasteiger partial charge on any atom is 0.223 e. The third-order valence-corrected chi connectivity index (χ3v) is 4.69. The van der Waals surface area contributed by atoms with Crippen molar-refractivity contribution in [2.45, 2.75) is 18.9 Å². The molecule has 1 aromatic carbocycles. The molecule has 1 saturated carbocycles. The predicted molar refractivity (Wildman–Crippen MR) is 104 cm³/mol. The SMILES string of the molecule is CNc1nccc(-c2nc3c(-c4ccc(F)cc4)nc(N)nc3n2C2CC2)n1. The molecule has 0 aliphatic heterocycles. The monoisotopic (exact) mass is 376 g/mol. The first-order valence-electron chi connectivity index (χ1n) is 8.96. The largest absolute Gasteiger partial charge is 0.368 e. The lowest BCUT2D eigenvalue weighted by atomic mass is 10.1. The number of fused-ring (bicyclic) bond motifs is 1. The number of aromatic nitrogens is 6. The number of nitrogens with zero attached hydrogens (tertiary/aromatic N) is 6. The second kappa shape index (κ2) is 6.22. The molecule has 8 nitrogen and oxygen atoms in total. The van der Waals surface area contributed by atoms with Gasteiger partial charge < -0.3 is 15.6 Å². The van der Waals surface area contributed by atoms with Gasteiger partial charge in [0, 0.05) is 24.8 Å². The molecular formula is C19H17FN8. The van der Waals surface area contributed by atoms with E-state index in [4.69, 9.17) is 10.7 Å². The van der Waals surface area contributed by atoms with E-state index in [2.05, 4.69) is 29.8 Å². The third-order valence-electron chi connectivity index (χ3n) is 4.69. The Balaban J connectivity index is 1.79. The smallest absolute Gasteiger partial charge is 0.223 e. The number of hydrogen-bond donors (Lipinski definition) is 2. The highest BCUT2D eigenvalue weighted by Crippen LogP contribution is 2.42. The van der Waals surface area contributed by atoms with Gasteiger partial charge in [0.25, 0.3) is 0 Å². The van der Waals surface area contributed by atoms with Crippen LogP contribution in [0.1, 0.15) is 18.9 Å². The average Bonchev–Trinajstić information content (AvgIpc) is 3.48. The Bertz CT molecular complexity index is 1180. The second-order valence-electron chi connectivity index (χ2n) is 6.66. The van der Waals surface area contributed by atoms with Crippen molar-refractivity contribution < 1.29 is 4.39 Å². The molecule has 0 unspecified atom stereocenters. The van der Waals surface area contributed by atoms with Crippen molar-refractivity contribution in [3.05, 3.63) is 42.3 Å². The number of hydrogen-bond acceptors (Lipinski definition) is 7.